The molecular weight excluding hydrogens is 290 g/mol. The lowest BCUT2D eigenvalue weighted by Crippen LogP contribution is -2.35. The highest BCUT2D eigenvalue weighted by atomic mass is 32.1. The van der Waals surface area contributed by atoms with E-state index >= 15 is 0 Å². The summed E-state index contributed by atoms with van der Waals surface area (Å²) in [5.41, 5.74) is 5.89. The Balaban J connectivity index is 1.90. The number of thiophene rings is 1. The zero-order valence-electron chi connectivity index (χ0n) is 11.5. The SMILES string of the molecule is NCC(Nc1ncnc2sc([N+](=O)[O-])cc12)C1CCCC1. The van der Waals surface area contributed by atoms with E-state index in [1.165, 1.54) is 38.1 Å². The molecule has 1 aliphatic rings. The quantitative estimate of drug-likeness (QED) is 0.649. The molecule has 1 aliphatic carbocycles. The van der Waals surface area contributed by atoms with Gasteiger partial charge in [-0.3, -0.25) is 10.1 Å². The Labute approximate surface area is 125 Å². The first-order valence-corrected chi connectivity index (χ1v) is 7.86. The van der Waals surface area contributed by atoms with Gasteiger partial charge in [0.1, 0.15) is 17.0 Å². The van der Waals surface area contributed by atoms with Crippen molar-refractivity contribution in [1.82, 2.24) is 9.97 Å². The topological polar surface area (TPSA) is 107 Å². The van der Waals surface area contributed by atoms with Crippen molar-refractivity contribution in [3.05, 3.63) is 22.5 Å². The van der Waals surface area contributed by atoms with Crippen LogP contribution < -0.4 is 11.1 Å². The zero-order chi connectivity index (χ0) is 14.8. The fourth-order valence-electron chi connectivity index (χ4n) is 2.95. The lowest BCUT2D eigenvalue weighted by Gasteiger charge is -2.23. The van der Waals surface area contributed by atoms with Gasteiger partial charge in [0.05, 0.1) is 10.3 Å². The van der Waals surface area contributed by atoms with E-state index in [0.717, 1.165) is 11.3 Å². The monoisotopic (exact) mass is 307 g/mol. The lowest BCUT2D eigenvalue weighted by molar-refractivity contribution is -0.380. The van der Waals surface area contributed by atoms with Crippen molar-refractivity contribution >= 4 is 32.4 Å². The molecule has 1 atom stereocenters. The summed E-state index contributed by atoms with van der Waals surface area (Å²) in [5.74, 6) is 1.19. The smallest absolute Gasteiger partial charge is 0.326 e. The molecule has 3 rings (SSSR count). The molecule has 0 aromatic carbocycles. The summed E-state index contributed by atoms with van der Waals surface area (Å²) in [7, 11) is 0. The number of aromatic nitrogens is 2. The van der Waals surface area contributed by atoms with Crippen LogP contribution in [0.3, 0.4) is 0 Å². The highest BCUT2D eigenvalue weighted by molar-refractivity contribution is 7.21. The number of fused-ring (bicyclic) bond motifs is 1. The third kappa shape index (κ3) is 2.81. The Morgan fingerprint density at radius 1 is 1.48 bits per heavy atom. The summed E-state index contributed by atoms with van der Waals surface area (Å²) < 4.78 is 0. The molecule has 1 fully saturated rings. The maximum atomic E-state index is 10.9. The van der Waals surface area contributed by atoms with Crippen molar-refractivity contribution in [2.75, 3.05) is 11.9 Å². The first-order chi connectivity index (χ1) is 10.2. The predicted molar refractivity (Wildman–Crippen MR) is 82.5 cm³/mol. The number of nitrogens with one attached hydrogen (secondary N) is 1. The molecule has 3 N–H and O–H groups in total. The van der Waals surface area contributed by atoms with Crippen molar-refractivity contribution in [3.63, 3.8) is 0 Å². The molecular formula is C13H17N5O2S. The molecule has 0 spiro atoms. The molecule has 0 saturated heterocycles. The van der Waals surface area contributed by atoms with Crippen LogP contribution >= 0.6 is 11.3 Å². The molecule has 0 aliphatic heterocycles. The maximum absolute atomic E-state index is 10.9. The lowest BCUT2D eigenvalue weighted by atomic mass is 9.98. The molecule has 0 radical (unpaired) electrons. The molecule has 0 amide bonds. The number of nitrogens with two attached hydrogens (primary N) is 1. The normalized spacial score (nSPS) is 17.2. The molecule has 8 heteroatoms. The van der Waals surface area contributed by atoms with E-state index in [2.05, 4.69) is 15.3 Å². The van der Waals surface area contributed by atoms with Crippen molar-refractivity contribution in [2.24, 2.45) is 11.7 Å². The third-order valence-electron chi connectivity index (χ3n) is 4.04. The number of rotatable bonds is 5. The van der Waals surface area contributed by atoms with Gasteiger partial charge in [0, 0.05) is 18.7 Å². The van der Waals surface area contributed by atoms with Gasteiger partial charge < -0.3 is 11.1 Å². The van der Waals surface area contributed by atoms with E-state index in [-0.39, 0.29) is 11.0 Å². The minimum Gasteiger partial charge on any atom is -0.365 e. The van der Waals surface area contributed by atoms with Crippen LogP contribution in [0.15, 0.2) is 12.4 Å². The summed E-state index contributed by atoms with van der Waals surface area (Å²) in [5, 5.41) is 15.1. The van der Waals surface area contributed by atoms with Gasteiger partial charge in [-0.1, -0.05) is 12.8 Å². The molecule has 112 valence electrons. The highest BCUT2D eigenvalue weighted by Crippen LogP contribution is 2.34. The summed E-state index contributed by atoms with van der Waals surface area (Å²) >= 11 is 1.07. The second kappa shape index (κ2) is 5.90. The van der Waals surface area contributed by atoms with Crippen LogP contribution in [0, 0.1) is 16.0 Å². The predicted octanol–water partition coefficient (Wildman–Crippen LogP) is 2.53. The van der Waals surface area contributed by atoms with Gasteiger partial charge in [-0.25, -0.2) is 9.97 Å². The maximum Gasteiger partial charge on any atom is 0.326 e. The van der Waals surface area contributed by atoms with Gasteiger partial charge >= 0.3 is 5.00 Å². The average molecular weight is 307 g/mol. The van der Waals surface area contributed by atoms with Gasteiger partial charge in [-0.2, -0.15) is 0 Å². The van der Waals surface area contributed by atoms with Crippen molar-refractivity contribution in [2.45, 2.75) is 31.7 Å². The van der Waals surface area contributed by atoms with Crippen LogP contribution in [-0.4, -0.2) is 27.5 Å². The number of hydrogen-bond acceptors (Lipinski definition) is 7. The molecule has 2 heterocycles. The number of hydrogen-bond donors (Lipinski definition) is 2. The molecule has 1 saturated carbocycles. The Bertz CT molecular complexity index is 653. The Morgan fingerprint density at radius 3 is 2.90 bits per heavy atom. The van der Waals surface area contributed by atoms with E-state index in [1.54, 1.807) is 0 Å². The largest absolute Gasteiger partial charge is 0.365 e. The third-order valence-corrected chi connectivity index (χ3v) is 5.04. The van der Waals surface area contributed by atoms with Crippen LogP contribution in [0.1, 0.15) is 25.7 Å². The van der Waals surface area contributed by atoms with E-state index in [4.69, 9.17) is 5.73 Å². The van der Waals surface area contributed by atoms with Crippen LogP contribution in [0.2, 0.25) is 0 Å². The fourth-order valence-corrected chi connectivity index (χ4v) is 3.77. The van der Waals surface area contributed by atoms with E-state index < -0.39 is 4.92 Å². The van der Waals surface area contributed by atoms with Crippen LogP contribution in [0.4, 0.5) is 10.8 Å². The van der Waals surface area contributed by atoms with E-state index in [1.807, 2.05) is 0 Å². The Kier molecular flexibility index (Phi) is 3.98. The van der Waals surface area contributed by atoms with Gasteiger partial charge in [-0.15, -0.1) is 0 Å². The molecule has 2 aromatic heterocycles. The summed E-state index contributed by atoms with van der Waals surface area (Å²) in [6.45, 7) is 0.530. The number of nitro groups is 1. The minimum absolute atomic E-state index is 0.0821. The standard InChI is InChI=1S/C13H17N5O2S/c14-6-10(8-3-1-2-4-8)17-12-9-5-11(18(19)20)21-13(9)16-7-15-12/h5,7-8,10H,1-4,6,14H2,(H,15,16,17). The Hall–Kier alpha value is -1.80. The number of anilines is 1. The van der Waals surface area contributed by atoms with Crippen molar-refractivity contribution < 1.29 is 4.92 Å². The van der Waals surface area contributed by atoms with Crippen molar-refractivity contribution in [1.29, 1.82) is 0 Å². The fraction of sp³-hybridized carbons (Fsp3) is 0.538. The van der Waals surface area contributed by atoms with Gasteiger partial charge in [0.15, 0.2) is 0 Å². The average Bonchev–Trinajstić information content (AvgIpc) is 3.13. The molecule has 0 bridgehead atoms. The summed E-state index contributed by atoms with van der Waals surface area (Å²) in [6, 6.07) is 1.69. The van der Waals surface area contributed by atoms with Gasteiger partial charge in [-0.05, 0) is 30.1 Å². The molecule has 7 nitrogen and oxygen atoms in total. The van der Waals surface area contributed by atoms with Crippen LogP contribution in [0.25, 0.3) is 10.2 Å². The van der Waals surface area contributed by atoms with Gasteiger partial charge in [0.2, 0.25) is 0 Å². The molecule has 2 aromatic rings. The van der Waals surface area contributed by atoms with E-state index in [9.17, 15) is 10.1 Å². The van der Waals surface area contributed by atoms with Crippen LogP contribution in [0.5, 0.6) is 0 Å². The number of nitrogens with zero attached hydrogens (tertiary/aromatic N) is 3. The zero-order valence-corrected chi connectivity index (χ0v) is 12.3. The highest BCUT2D eigenvalue weighted by Gasteiger charge is 2.25. The Morgan fingerprint density at radius 2 is 2.24 bits per heavy atom. The summed E-state index contributed by atoms with van der Waals surface area (Å²) in [6.07, 6.45) is 6.27. The first kappa shape index (κ1) is 14.2. The minimum atomic E-state index is -0.395. The van der Waals surface area contributed by atoms with Crippen molar-refractivity contribution in [3.8, 4) is 0 Å². The summed E-state index contributed by atoms with van der Waals surface area (Å²) in [4.78, 5) is 19.5. The van der Waals surface area contributed by atoms with E-state index in [0.29, 0.717) is 28.5 Å². The molecule has 21 heavy (non-hydrogen) atoms. The van der Waals surface area contributed by atoms with Crippen LogP contribution in [-0.2, 0) is 0 Å². The molecule has 1 unspecified atom stereocenters. The second-order valence-corrected chi connectivity index (χ2v) is 6.32. The van der Waals surface area contributed by atoms with Gasteiger partial charge in [0.25, 0.3) is 0 Å². The first-order valence-electron chi connectivity index (χ1n) is 7.04. The second-order valence-electron chi connectivity index (χ2n) is 5.31.